The highest BCUT2D eigenvalue weighted by Gasteiger charge is 2.26. The van der Waals surface area contributed by atoms with Crippen molar-refractivity contribution in [3.63, 3.8) is 0 Å². The maximum atomic E-state index is 12.8. The smallest absolute Gasteiger partial charge is 0.228 e. The lowest BCUT2D eigenvalue weighted by Gasteiger charge is -2.31. The molecule has 1 aromatic carbocycles. The summed E-state index contributed by atoms with van der Waals surface area (Å²) >= 11 is 1.72. The maximum Gasteiger partial charge on any atom is 0.228 e. The van der Waals surface area contributed by atoms with E-state index in [-0.39, 0.29) is 11.8 Å². The Balaban J connectivity index is 1.33. The first-order chi connectivity index (χ1) is 14.1. The van der Waals surface area contributed by atoms with Crippen LogP contribution in [0.15, 0.2) is 52.5 Å². The van der Waals surface area contributed by atoms with Crippen molar-refractivity contribution in [2.24, 2.45) is 5.92 Å². The van der Waals surface area contributed by atoms with Crippen LogP contribution in [-0.2, 0) is 11.3 Å². The van der Waals surface area contributed by atoms with Crippen molar-refractivity contribution < 1.29 is 9.21 Å². The van der Waals surface area contributed by atoms with E-state index in [9.17, 15) is 4.79 Å². The normalized spacial score (nSPS) is 17.6. The van der Waals surface area contributed by atoms with Crippen LogP contribution < -0.4 is 5.32 Å². The summed E-state index contributed by atoms with van der Waals surface area (Å²) in [7, 11) is 0. The summed E-state index contributed by atoms with van der Waals surface area (Å²) in [5, 5.41) is 6.37. The molecule has 0 spiro atoms. The molecule has 1 aliphatic rings. The molecule has 0 unspecified atom stereocenters. The number of piperidine rings is 1. The van der Waals surface area contributed by atoms with E-state index in [1.54, 1.807) is 17.6 Å². The van der Waals surface area contributed by atoms with Gasteiger partial charge >= 0.3 is 0 Å². The van der Waals surface area contributed by atoms with E-state index >= 15 is 0 Å². The zero-order chi connectivity index (χ0) is 20.2. The predicted octanol–water partition coefficient (Wildman–Crippen LogP) is 5.38. The summed E-state index contributed by atoms with van der Waals surface area (Å²) in [6.45, 7) is 6.98. The van der Waals surface area contributed by atoms with Gasteiger partial charge in [-0.05, 0) is 61.7 Å². The van der Waals surface area contributed by atoms with Crippen LogP contribution in [0.4, 0.5) is 5.69 Å². The van der Waals surface area contributed by atoms with Crippen molar-refractivity contribution in [2.75, 3.05) is 18.4 Å². The molecule has 1 N–H and O–H groups in total. The molecule has 2 aromatic heterocycles. The SMILES string of the molecule is CC(C)c1csc(CN2CCC[C@@H](C(=O)Nc3ccc(-c4ccco4)cc3)C2)n1. The molecule has 6 heteroatoms. The second-order valence-electron chi connectivity index (χ2n) is 7.94. The van der Waals surface area contributed by atoms with Crippen molar-refractivity contribution in [1.29, 1.82) is 0 Å². The molecule has 1 fully saturated rings. The lowest BCUT2D eigenvalue weighted by molar-refractivity contribution is -0.121. The Morgan fingerprint density at radius 3 is 2.83 bits per heavy atom. The zero-order valence-corrected chi connectivity index (χ0v) is 17.7. The average Bonchev–Trinajstić information content (AvgIpc) is 3.41. The number of furan rings is 1. The number of aromatic nitrogens is 1. The van der Waals surface area contributed by atoms with Crippen molar-refractivity contribution in [3.8, 4) is 11.3 Å². The maximum absolute atomic E-state index is 12.8. The van der Waals surface area contributed by atoms with E-state index in [4.69, 9.17) is 9.40 Å². The molecule has 1 saturated heterocycles. The van der Waals surface area contributed by atoms with Crippen LogP contribution in [0.1, 0.15) is 43.3 Å². The minimum absolute atomic E-state index is 0.0121. The number of carbonyl (C=O) groups excluding carboxylic acids is 1. The van der Waals surface area contributed by atoms with E-state index in [1.165, 1.54) is 0 Å². The molecule has 0 radical (unpaired) electrons. The number of anilines is 1. The topological polar surface area (TPSA) is 58.4 Å². The number of nitrogens with one attached hydrogen (secondary N) is 1. The monoisotopic (exact) mass is 409 g/mol. The highest BCUT2D eigenvalue weighted by molar-refractivity contribution is 7.09. The van der Waals surface area contributed by atoms with Gasteiger partial charge in [0.1, 0.15) is 10.8 Å². The van der Waals surface area contributed by atoms with Gasteiger partial charge in [0.2, 0.25) is 5.91 Å². The Kier molecular flexibility index (Phi) is 6.11. The van der Waals surface area contributed by atoms with Crippen LogP contribution in [0.2, 0.25) is 0 Å². The first-order valence-corrected chi connectivity index (χ1v) is 11.1. The number of rotatable bonds is 6. The number of thiazole rings is 1. The fourth-order valence-corrected chi connectivity index (χ4v) is 4.67. The van der Waals surface area contributed by atoms with Gasteiger partial charge in [-0.1, -0.05) is 13.8 Å². The van der Waals surface area contributed by atoms with Crippen LogP contribution in [0.3, 0.4) is 0 Å². The first kappa shape index (κ1) is 19.9. The molecule has 3 aromatic rings. The summed E-state index contributed by atoms with van der Waals surface area (Å²) in [6, 6.07) is 11.6. The molecule has 0 bridgehead atoms. The van der Waals surface area contributed by atoms with E-state index in [2.05, 4.69) is 29.4 Å². The lowest BCUT2D eigenvalue weighted by atomic mass is 9.97. The molecule has 1 amide bonds. The van der Waals surface area contributed by atoms with Gasteiger partial charge in [-0.2, -0.15) is 0 Å². The Morgan fingerprint density at radius 1 is 1.31 bits per heavy atom. The number of hydrogen-bond donors (Lipinski definition) is 1. The second-order valence-corrected chi connectivity index (χ2v) is 8.88. The van der Waals surface area contributed by atoms with E-state index in [0.29, 0.717) is 5.92 Å². The van der Waals surface area contributed by atoms with Crippen LogP contribution in [0.5, 0.6) is 0 Å². The van der Waals surface area contributed by atoms with E-state index in [1.807, 2.05) is 36.4 Å². The van der Waals surface area contributed by atoms with Gasteiger partial charge in [-0.25, -0.2) is 4.98 Å². The van der Waals surface area contributed by atoms with Crippen molar-refractivity contribution in [1.82, 2.24) is 9.88 Å². The van der Waals surface area contributed by atoms with Crippen LogP contribution >= 0.6 is 11.3 Å². The highest BCUT2D eigenvalue weighted by atomic mass is 32.1. The molecule has 0 aliphatic carbocycles. The Labute approximate surface area is 175 Å². The molecule has 3 heterocycles. The van der Waals surface area contributed by atoms with Gasteiger partial charge < -0.3 is 9.73 Å². The molecule has 1 aliphatic heterocycles. The first-order valence-electron chi connectivity index (χ1n) is 10.2. The molecular formula is C23H27N3O2S. The summed E-state index contributed by atoms with van der Waals surface area (Å²) < 4.78 is 5.41. The van der Waals surface area contributed by atoms with E-state index in [0.717, 1.165) is 60.2 Å². The third-order valence-corrected chi connectivity index (χ3v) is 6.21. The molecular weight excluding hydrogens is 382 g/mol. The second kappa shape index (κ2) is 8.93. The lowest BCUT2D eigenvalue weighted by Crippen LogP contribution is -2.40. The third-order valence-electron chi connectivity index (χ3n) is 5.35. The average molecular weight is 410 g/mol. The fourth-order valence-electron chi connectivity index (χ4n) is 3.67. The molecule has 0 saturated carbocycles. The quantitative estimate of drug-likeness (QED) is 0.594. The van der Waals surface area contributed by atoms with Crippen molar-refractivity contribution in [2.45, 2.75) is 39.2 Å². The van der Waals surface area contributed by atoms with Crippen molar-refractivity contribution in [3.05, 3.63) is 58.7 Å². The zero-order valence-electron chi connectivity index (χ0n) is 16.9. The molecule has 29 heavy (non-hydrogen) atoms. The third kappa shape index (κ3) is 4.95. The number of hydrogen-bond acceptors (Lipinski definition) is 5. The van der Waals surface area contributed by atoms with Gasteiger partial charge in [-0.15, -0.1) is 11.3 Å². The Morgan fingerprint density at radius 2 is 2.14 bits per heavy atom. The summed E-state index contributed by atoms with van der Waals surface area (Å²) in [6.07, 6.45) is 3.63. The molecule has 1 atom stereocenters. The Bertz CT molecular complexity index is 931. The number of benzene rings is 1. The molecule has 152 valence electrons. The van der Waals surface area contributed by atoms with Gasteiger partial charge in [-0.3, -0.25) is 9.69 Å². The van der Waals surface area contributed by atoms with E-state index < -0.39 is 0 Å². The van der Waals surface area contributed by atoms with Crippen LogP contribution in [0, 0.1) is 5.92 Å². The standard InChI is InChI=1S/C23H27N3O2S/c1-16(2)20-15-29-22(25-20)14-26-11-3-5-18(13-26)23(27)24-19-9-7-17(8-10-19)21-6-4-12-28-21/h4,6-10,12,15-16,18H,3,5,11,13-14H2,1-2H3,(H,24,27)/t18-/m1/s1. The number of nitrogens with zero attached hydrogens (tertiary/aromatic N) is 2. The summed E-state index contributed by atoms with van der Waals surface area (Å²) in [4.78, 5) is 19.9. The Hall–Kier alpha value is -2.44. The number of carbonyl (C=O) groups is 1. The largest absolute Gasteiger partial charge is 0.464 e. The number of amides is 1. The highest BCUT2D eigenvalue weighted by Crippen LogP contribution is 2.25. The summed E-state index contributed by atoms with van der Waals surface area (Å²) in [5.41, 5.74) is 2.99. The van der Waals surface area contributed by atoms with Gasteiger partial charge in [0.25, 0.3) is 0 Å². The minimum atomic E-state index is 0.0121. The minimum Gasteiger partial charge on any atom is -0.464 e. The van der Waals surface area contributed by atoms with Crippen molar-refractivity contribution >= 4 is 22.9 Å². The molecule has 5 nitrogen and oxygen atoms in total. The molecule has 4 rings (SSSR count). The fraction of sp³-hybridized carbons (Fsp3) is 0.391. The predicted molar refractivity (Wildman–Crippen MR) is 117 cm³/mol. The summed E-state index contributed by atoms with van der Waals surface area (Å²) in [5.74, 6) is 1.40. The number of likely N-dealkylation sites (tertiary alicyclic amines) is 1. The van der Waals surface area contributed by atoms with Crippen LogP contribution in [-0.4, -0.2) is 28.9 Å². The van der Waals surface area contributed by atoms with Gasteiger partial charge in [0.05, 0.1) is 24.4 Å². The van der Waals surface area contributed by atoms with Crippen LogP contribution in [0.25, 0.3) is 11.3 Å². The van der Waals surface area contributed by atoms with Gasteiger partial charge in [0, 0.05) is 23.2 Å². The van der Waals surface area contributed by atoms with Gasteiger partial charge in [0.15, 0.2) is 0 Å².